The molecule has 2 aliphatic rings. The minimum atomic E-state index is -5.08. The van der Waals surface area contributed by atoms with Gasteiger partial charge < -0.3 is 20.3 Å². The smallest absolute Gasteiger partial charge is 0.475 e. The number of carbonyl (C=O) groups excluding carboxylic acids is 1. The van der Waals surface area contributed by atoms with Crippen LogP contribution in [0.4, 0.5) is 26.3 Å². The van der Waals surface area contributed by atoms with Gasteiger partial charge in [-0.25, -0.2) is 9.59 Å². The third-order valence-electron chi connectivity index (χ3n) is 5.05. The summed E-state index contributed by atoms with van der Waals surface area (Å²) in [5, 5.41) is 17.3. The highest BCUT2D eigenvalue weighted by molar-refractivity contribution is 5.79. The third-order valence-corrected chi connectivity index (χ3v) is 5.05. The number of hydrogen-bond donors (Lipinski definition) is 3. The number of nitrogens with one attached hydrogen (secondary N) is 1. The van der Waals surface area contributed by atoms with Gasteiger partial charge in [-0.2, -0.15) is 26.3 Å². The van der Waals surface area contributed by atoms with E-state index in [1.807, 2.05) is 24.3 Å². The van der Waals surface area contributed by atoms with E-state index >= 15 is 0 Å². The molecule has 2 fully saturated rings. The normalized spacial score (nSPS) is 21.6. The Morgan fingerprint density at radius 1 is 1.11 bits per heavy atom. The number of amides is 1. The molecular weight excluding hydrogens is 504 g/mol. The van der Waals surface area contributed by atoms with E-state index in [0.29, 0.717) is 12.5 Å². The Kier molecular flexibility index (Phi) is 11.8. The van der Waals surface area contributed by atoms with E-state index in [1.54, 1.807) is 6.20 Å². The van der Waals surface area contributed by atoms with Gasteiger partial charge in [-0.3, -0.25) is 14.7 Å². The molecule has 0 aliphatic carbocycles. The van der Waals surface area contributed by atoms with Gasteiger partial charge >= 0.3 is 24.3 Å². The van der Waals surface area contributed by atoms with Crippen LogP contribution in [-0.4, -0.2) is 82.6 Å². The molecule has 0 radical (unpaired) electrons. The number of hydrogen-bond acceptors (Lipinski definition) is 6. The zero-order valence-electron chi connectivity index (χ0n) is 18.8. The van der Waals surface area contributed by atoms with Gasteiger partial charge in [-0.1, -0.05) is 12.1 Å². The van der Waals surface area contributed by atoms with Gasteiger partial charge in [-0.15, -0.1) is 6.58 Å². The molecule has 3 rings (SSSR count). The lowest BCUT2D eigenvalue weighted by Crippen LogP contribution is -2.52. The molecule has 2 aliphatic heterocycles. The minimum Gasteiger partial charge on any atom is -0.475 e. The Bertz CT molecular complexity index is 857. The number of halogens is 6. The van der Waals surface area contributed by atoms with Crippen molar-refractivity contribution in [2.75, 3.05) is 26.2 Å². The first-order valence-corrected chi connectivity index (χ1v) is 10.4. The van der Waals surface area contributed by atoms with Crippen molar-refractivity contribution >= 4 is 17.8 Å². The molecule has 15 heteroatoms. The summed E-state index contributed by atoms with van der Waals surface area (Å²) >= 11 is 0. The molecule has 0 spiro atoms. The number of rotatable bonds is 5. The van der Waals surface area contributed by atoms with Gasteiger partial charge in [0.15, 0.2) is 0 Å². The van der Waals surface area contributed by atoms with Crippen molar-refractivity contribution in [2.45, 2.75) is 31.4 Å². The summed E-state index contributed by atoms with van der Waals surface area (Å²) in [5.74, 6) is -5.07. The van der Waals surface area contributed by atoms with Crippen LogP contribution < -0.4 is 5.32 Å². The molecule has 202 valence electrons. The molecule has 9 nitrogen and oxygen atoms in total. The fourth-order valence-corrected chi connectivity index (χ4v) is 3.48. The highest BCUT2D eigenvalue weighted by Gasteiger charge is 2.43. The van der Waals surface area contributed by atoms with Crippen LogP contribution in [0.5, 0.6) is 0 Å². The first kappa shape index (κ1) is 30.8. The first-order valence-electron chi connectivity index (χ1n) is 10.4. The average molecular weight is 529 g/mol. The van der Waals surface area contributed by atoms with E-state index in [4.69, 9.17) is 24.5 Å². The fourth-order valence-electron chi connectivity index (χ4n) is 3.48. The van der Waals surface area contributed by atoms with Gasteiger partial charge in [0.1, 0.15) is 0 Å². The molecule has 0 bridgehead atoms. The van der Waals surface area contributed by atoms with Crippen molar-refractivity contribution in [1.29, 1.82) is 0 Å². The van der Waals surface area contributed by atoms with Crippen LogP contribution in [-0.2, 0) is 25.7 Å². The summed E-state index contributed by atoms with van der Waals surface area (Å²) in [4.78, 5) is 36.9. The number of pyridine rings is 1. The number of alkyl halides is 6. The summed E-state index contributed by atoms with van der Waals surface area (Å²) in [6, 6.07) is 5.73. The van der Waals surface area contributed by atoms with Crippen LogP contribution in [0, 0.1) is 11.8 Å². The Hall–Kier alpha value is -3.20. The number of carbonyl (C=O) groups is 3. The number of piperidine rings is 1. The second-order valence-electron chi connectivity index (χ2n) is 7.62. The van der Waals surface area contributed by atoms with Crippen molar-refractivity contribution in [3.63, 3.8) is 0 Å². The van der Waals surface area contributed by atoms with Gasteiger partial charge in [0.25, 0.3) is 0 Å². The number of carboxylic acid groups (broad SMARTS) is 2. The SMILES string of the molecule is C=CCN1C[C@H]2OCC[C@H]2[C@H](C(=O)NCc2ccccn2)C1.O=C(O)C(F)(F)F.O=C(O)C(F)(F)F. The first-order chi connectivity index (χ1) is 16.7. The van der Waals surface area contributed by atoms with Crippen molar-refractivity contribution in [1.82, 2.24) is 15.2 Å². The molecule has 0 saturated carbocycles. The Balaban J connectivity index is 0.000000383. The predicted octanol–water partition coefficient (Wildman–Crippen LogP) is 2.49. The third kappa shape index (κ3) is 10.6. The van der Waals surface area contributed by atoms with E-state index in [-0.39, 0.29) is 17.9 Å². The quantitative estimate of drug-likeness (QED) is 0.392. The number of ether oxygens (including phenoxy) is 1. The Morgan fingerprint density at radius 2 is 1.69 bits per heavy atom. The van der Waals surface area contributed by atoms with E-state index in [1.165, 1.54) is 0 Å². The van der Waals surface area contributed by atoms with E-state index in [9.17, 15) is 31.1 Å². The molecule has 36 heavy (non-hydrogen) atoms. The average Bonchev–Trinajstić information content (AvgIpc) is 3.26. The van der Waals surface area contributed by atoms with Crippen LogP contribution in [0.25, 0.3) is 0 Å². The summed E-state index contributed by atoms with van der Waals surface area (Å²) in [7, 11) is 0. The number of fused-ring (bicyclic) bond motifs is 1. The topological polar surface area (TPSA) is 129 Å². The zero-order valence-corrected chi connectivity index (χ0v) is 18.8. The number of aliphatic carboxylic acids is 2. The molecule has 1 aromatic heterocycles. The number of nitrogens with zero attached hydrogens (tertiary/aromatic N) is 2. The maximum absolute atomic E-state index is 12.6. The lowest BCUT2D eigenvalue weighted by Gasteiger charge is -2.38. The molecule has 3 heterocycles. The highest BCUT2D eigenvalue weighted by atomic mass is 19.4. The second kappa shape index (κ2) is 13.8. The second-order valence-corrected chi connectivity index (χ2v) is 7.62. The molecule has 0 unspecified atom stereocenters. The monoisotopic (exact) mass is 529 g/mol. The lowest BCUT2D eigenvalue weighted by molar-refractivity contribution is -0.193. The zero-order chi connectivity index (χ0) is 27.5. The van der Waals surface area contributed by atoms with Gasteiger partial charge in [0, 0.05) is 38.4 Å². The van der Waals surface area contributed by atoms with Crippen molar-refractivity contribution in [3.8, 4) is 0 Å². The maximum atomic E-state index is 12.6. The maximum Gasteiger partial charge on any atom is 0.490 e. The largest absolute Gasteiger partial charge is 0.490 e. The van der Waals surface area contributed by atoms with Gasteiger partial charge in [-0.05, 0) is 18.6 Å². The van der Waals surface area contributed by atoms with Crippen LogP contribution in [0.2, 0.25) is 0 Å². The van der Waals surface area contributed by atoms with Crippen LogP contribution >= 0.6 is 0 Å². The standard InChI is InChI=1S/C17H23N3O2.2C2HF3O2/c1-2-8-20-11-15(14-6-9-22-16(14)12-20)17(21)19-10-13-5-3-4-7-18-13;2*3-2(4,5)1(6)7/h2-5,7,14-16H,1,6,8-12H2,(H,19,21);2*(H,6,7)/t14-,15+,16+;;/m0../s1. The van der Waals surface area contributed by atoms with Crippen LogP contribution in [0.15, 0.2) is 37.1 Å². The molecule has 0 aromatic carbocycles. The fraction of sp³-hybridized carbons (Fsp3) is 0.524. The molecular formula is C21H25F6N3O6. The summed E-state index contributed by atoms with van der Waals surface area (Å²) in [5.41, 5.74) is 0.883. The lowest BCUT2D eigenvalue weighted by atomic mass is 9.82. The molecule has 2 saturated heterocycles. The summed E-state index contributed by atoms with van der Waals surface area (Å²) in [6.45, 7) is 7.53. The number of carboxylic acids is 2. The summed E-state index contributed by atoms with van der Waals surface area (Å²) in [6.07, 6.45) is -5.37. The van der Waals surface area contributed by atoms with E-state index < -0.39 is 24.3 Å². The number of likely N-dealkylation sites (tertiary alicyclic amines) is 1. The Labute approximate surface area is 201 Å². The minimum absolute atomic E-state index is 0.00934. The summed E-state index contributed by atoms with van der Waals surface area (Å²) < 4.78 is 69.3. The molecule has 3 N–H and O–H groups in total. The van der Waals surface area contributed by atoms with E-state index in [0.717, 1.165) is 38.4 Å². The van der Waals surface area contributed by atoms with Gasteiger partial charge in [0.2, 0.25) is 5.91 Å². The predicted molar refractivity (Wildman–Crippen MR) is 111 cm³/mol. The van der Waals surface area contributed by atoms with Crippen LogP contribution in [0.1, 0.15) is 12.1 Å². The Morgan fingerprint density at radius 3 is 2.17 bits per heavy atom. The number of aromatic nitrogens is 1. The van der Waals surface area contributed by atoms with Gasteiger partial charge in [0.05, 0.1) is 24.3 Å². The molecule has 1 amide bonds. The highest BCUT2D eigenvalue weighted by Crippen LogP contribution is 2.33. The van der Waals surface area contributed by atoms with Crippen LogP contribution in [0.3, 0.4) is 0 Å². The van der Waals surface area contributed by atoms with Crippen molar-refractivity contribution < 1.29 is 55.7 Å². The van der Waals surface area contributed by atoms with Crippen molar-refractivity contribution in [3.05, 3.63) is 42.7 Å². The van der Waals surface area contributed by atoms with E-state index in [2.05, 4.69) is 21.8 Å². The van der Waals surface area contributed by atoms with Crippen molar-refractivity contribution in [2.24, 2.45) is 11.8 Å². The molecule has 1 aromatic rings. The molecule has 3 atom stereocenters.